The summed E-state index contributed by atoms with van der Waals surface area (Å²) in [5.74, 6) is 2.78. The first-order valence-corrected chi connectivity index (χ1v) is 10.6. The van der Waals surface area contributed by atoms with Crippen LogP contribution in [0.4, 0.5) is 0 Å². The van der Waals surface area contributed by atoms with Crippen LogP contribution >= 0.6 is 0 Å². The van der Waals surface area contributed by atoms with E-state index >= 15 is 0 Å². The number of hydrogen-bond donors (Lipinski definition) is 1. The lowest BCUT2D eigenvalue weighted by Gasteiger charge is -2.34. The van der Waals surface area contributed by atoms with Crippen LogP contribution in [-0.2, 0) is 6.42 Å². The normalized spacial score (nSPS) is 21.7. The summed E-state index contributed by atoms with van der Waals surface area (Å²) in [5, 5.41) is 10.4. The number of hydrogen-bond acceptors (Lipinski definition) is 4. The van der Waals surface area contributed by atoms with Crippen LogP contribution in [0.25, 0.3) is 6.08 Å². The summed E-state index contributed by atoms with van der Waals surface area (Å²) in [6.45, 7) is 6.90. The molecule has 2 aliphatic rings. The zero-order valence-corrected chi connectivity index (χ0v) is 18.2. The Labute approximate surface area is 178 Å². The van der Waals surface area contributed by atoms with Crippen LogP contribution in [0.5, 0.6) is 23.0 Å². The molecule has 2 aromatic carbocycles. The summed E-state index contributed by atoms with van der Waals surface area (Å²) in [5.41, 5.74) is 4.07. The van der Waals surface area contributed by atoms with Gasteiger partial charge in [-0.3, -0.25) is 0 Å². The Kier molecular flexibility index (Phi) is 5.50. The fraction of sp³-hybridized carbons (Fsp3) is 0.385. The predicted molar refractivity (Wildman–Crippen MR) is 120 cm³/mol. The van der Waals surface area contributed by atoms with Crippen LogP contribution in [0.3, 0.4) is 0 Å². The van der Waals surface area contributed by atoms with E-state index in [0.717, 1.165) is 47.5 Å². The lowest BCUT2D eigenvalue weighted by atomic mass is 9.87. The van der Waals surface area contributed by atoms with Crippen molar-refractivity contribution in [2.24, 2.45) is 0 Å². The first kappa shape index (κ1) is 20.4. The molecule has 158 valence electrons. The molecule has 4 heteroatoms. The molecule has 4 nitrogen and oxygen atoms in total. The predicted octanol–water partition coefficient (Wildman–Crippen LogP) is 6.03. The minimum absolute atomic E-state index is 0.101. The monoisotopic (exact) mass is 406 g/mol. The number of aromatic hydroxyl groups is 1. The van der Waals surface area contributed by atoms with Gasteiger partial charge >= 0.3 is 0 Å². The van der Waals surface area contributed by atoms with Crippen molar-refractivity contribution in [1.29, 1.82) is 0 Å². The quantitative estimate of drug-likeness (QED) is 0.616. The molecule has 0 saturated carbocycles. The number of rotatable bonds is 5. The van der Waals surface area contributed by atoms with Crippen molar-refractivity contribution < 1.29 is 19.3 Å². The van der Waals surface area contributed by atoms with Crippen LogP contribution < -0.4 is 14.2 Å². The highest BCUT2D eigenvalue weighted by molar-refractivity contribution is 5.69. The van der Waals surface area contributed by atoms with Gasteiger partial charge in [-0.2, -0.15) is 0 Å². The van der Waals surface area contributed by atoms with E-state index in [1.54, 1.807) is 13.2 Å². The van der Waals surface area contributed by atoms with E-state index in [0.29, 0.717) is 12.4 Å². The van der Waals surface area contributed by atoms with Crippen molar-refractivity contribution in [3.8, 4) is 23.0 Å². The van der Waals surface area contributed by atoms with Gasteiger partial charge in [0.05, 0.1) is 19.3 Å². The largest absolute Gasteiger partial charge is 0.508 e. The third-order valence-corrected chi connectivity index (χ3v) is 5.95. The second-order valence-electron chi connectivity index (χ2n) is 8.67. The summed E-state index contributed by atoms with van der Waals surface area (Å²) >= 11 is 0. The maximum absolute atomic E-state index is 10.4. The Hall–Kier alpha value is -2.88. The molecule has 2 aliphatic heterocycles. The number of allylic oxidation sites excluding steroid dienone is 2. The topological polar surface area (TPSA) is 47.9 Å². The van der Waals surface area contributed by atoms with Crippen molar-refractivity contribution in [3.63, 3.8) is 0 Å². The second kappa shape index (κ2) is 8.10. The van der Waals surface area contributed by atoms with Crippen molar-refractivity contribution in [3.05, 3.63) is 64.7 Å². The average molecular weight is 407 g/mol. The molecule has 0 amide bonds. The highest BCUT2D eigenvalue weighted by Crippen LogP contribution is 2.45. The van der Waals surface area contributed by atoms with Gasteiger partial charge in [-0.15, -0.1) is 0 Å². The molecule has 0 saturated heterocycles. The van der Waals surface area contributed by atoms with E-state index in [1.807, 2.05) is 12.1 Å². The molecule has 2 aromatic rings. The molecule has 0 fully saturated rings. The number of fused-ring (bicyclic) bond motifs is 3. The Morgan fingerprint density at radius 3 is 2.83 bits per heavy atom. The highest BCUT2D eigenvalue weighted by atomic mass is 16.5. The Bertz CT molecular complexity index is 1000. The lowest BCUT2D eigenvalue weighted by molar-refractivity contribution is 0.127. The molecule has 2 heterocycles. The van der Waals surface area contributed by atoms with Crippen LogP contribution in [0, 0.1) is 0 Å². The first-order chi connectivity index (χ1) is 14.4. The van der Waals surface area contributed by atoms with Gasteiger partial charge in [0, 0.05) is 17.5 Å². The van der Waals surface area contributed by atoms with Crippen LogP contribution in [-0.4, -0.2) is 24.4 Å². The maximum Gasteiger partial charge on any atom is 0.133 e. The summed E-state index contributed by atoms with van der Waals surface area (Å²) in [7, 11) is 1.60. The van der Waals surface area contributed by atoms with E-state index in [4.69, 9.17) is 14.2 Å². The minimum Gasteiger partial charge on any atom is -0.508 e. The molecule has 4 rings (SSSR count). The highest BCUT2D eigenvalue weighted by Gasteiger charge is 2.31. The van der Waals surface area contributed by atoms with Crippen LogP contribution in [0.1, 0.15) is 56.2 Å². The van der Waals surface area contributed by atoms with Gasteiger partial charge in [0.2, 0.25) is 0 Å². The second-order valence-corrected chi connectivity index (χ2v) is 8.67. The molecule has 0 aromatic heterocycles. The van der Waals surface area contributed by atoms with Gasteiger partial charge in [-0.1, -0.05) is 23.8 Å². The van der Waals surface area contributed by atoms with Crippen molar-refractivity contribution >= 4 is 6.08 Å². The Morgan fingerprint density at radius 2 is 2.10 bits per heavy atom. The van der Waals surface area contributed by atoms with Crippen LogP contribution in [0.2, 0.25) is 0 Å². The molecule has 0 spiro atoms. The van der Waals surface area contributed by atoms with Crippen molar-refractivity contribution in [2.45, 2.75) is 51.6 Å². The number of methoxy groups -OCH3 is 1. The standard InChI is InChI=1S/C26H30O4/c1-17(2)6-5-12-26(3)13-11-22-24(30-26)10-7-18-14-19(16-29-25(18)22)21-9-8-20(28-4)15-23(21)27/h6-11,13,15,19,27H,5,12,14,16H2,1-4H3/t19-,26+/m1/s1. The molecule has 0 unspecified atom stereocenters. The zero-order valence-electron chi connectivity index (χ0n) is 18.2. The third kappa shape index (κ3) is 4.04. The number of phenolic OH excluding ortho intramolecular Hbond substituents is 1. The van der Waals surface area contributed by atoms with Gasteiger partial charge in [0.15, 0.2) is 0 Å². The van der Waals surface area contributed by atoms with E-state index in [9.17, 15) is 5.11 Å². The molecule has 0 aliphatic carbocycles. The smallest absolute Gasteiger partial charge is 0.133 e. The van der Waals surface area contributed by atoms with Crippen molar-refractivity contribution in [1.82, 2.24) is 0 Å². The van der Waals surface area contributed by atoms with Gasteiger partial charge in [-0.25, -0.2) is 0 Å². The molecule has 0 bridgehead atoms. The maximum atomic E-state index is 10.4. The summed E-state index contributed by atoms with van der Waals surface area (Å²) in [4.78, 5) is 0. The lowest BCUT2D eigenvalue weighted by Crippen LogP contribution is -2.32. The SMILES string of the molecule is COc1ccc([C@H]2COc3c(ccc4c3C=C[C@](C)(CCC=C(C)C)O4)C2)c(O)c1. The summed E-state index contributed by atoms with van der Waals surface area (Å²) in [6, 6.07) is 9.61. The van der Waals surface area contributed by atoms with Crippen LogP contribution in [0.15, 0.2) is 48.1 Å². The van der Waals surface area contributed by atoms with Gasteiger partial charge in [-0.05, 0) is 69.9 Å². The molecular weight excluding hydrogens is 376 g/mol. The molecule has 1 N–H and O–H groups in total. The molecule has 2 atom stereocenters. The Balaban J connectivity index is 1.54. The van der Waals surface area contributed by atoms with E-state index in [1.165, 1.54) is 5.57 Å². The zero-order chi connectivity index (χ0) is 21.3. The number of ether oxygens (including phenoxy) is 3. The third-order valence-electron chi connectivity index (χ3n) is 5.95. The fourth-order valence-corrected chi connectivity index (χ4v) is 4.23. The van der Waals surface area contributed by atoms with Gasteiger partial charge in [0.25, 0.3) is 0 Å². The van der Waals surface area contributed by atoms with Crippen molar-refractivity contribution in [2.75, 3.05) is 13.7 Å². The Morgan fingerprint density at radius 1 is 1.27 bits per heavy atom. The molecule has 0 radical (unpaired) electrons. The van der Waals surface area contributed by atoms with E-state index in [-0.39, 0.29) is 17.3 Å². The molecule has 30 heavy (non-hydrogen) atoms. The van der Waals surface area contributed by atoms with Gasteiger partial charge in [0.1, 0.15) is 28.6 Å². The summed E-state index contributed by atoms with van der Waals surface area (Å²) < 4.78 is 17.8. The summed E-state index contributed by atoms with van der Waals surface area (Å²) in [6.07, 6.45) is 9.29. The number of benzene rings is 2. The first-order valence-electron chi connectivity index (χ1n) is 10.6. The number of phenols is 1. The fourth-order valence-electron chi connectivity index (χ4n) is 4.23. The molecular formula is C26H30O4. The van der Waals surface area contributed by atoms with E-state index < -0.39 is 0 Å². The van der Waals surface area contributed by atoms with Gasteiger partial charge < -0.3 is 19.3 Å². The van der Waals surface area contributed by atoms with E-state index in [2.05, 4.69) is 51.1 Å². The minimum atomic E-state index is -0.306. The average Bonchev–Trinajstić information content (AvgIpc) is 2.72.